The van der Waals surface area contributed by atoms with Crippen molar-refractivity contribution in [3.05, 3.63) is 63.7 Å². The molecule has 0 atom stereocenters. The first kappa shape index (κ1) is 21.1. The topological polar surface area (TPSA) is 111 Å². The van der Waals surface area contributed by atoms with Crippen molar-refractivity contribution in [1.82, 2.24) is 4.90 Å². The van der Waals surface area contributed by atoms with E-state index in [2.05, 4.69) is 5.32 Å². The first-order valence-electron chi connectivity index (χ1n) is 9.48. The van der Waals surface area contributed by atoms with Crippen LogP contribution in [0.15, 0.2) is 42.5 Å². The van der Waals surface area contributed by atoms with Gasteiger partial charge < -0.3 is 19.7 Å². The highest BCUT2D eigenvalue weighted by atomic mass is 16.6. The number of amides is 1. The van der Waals surface area contributed by atoms with Crippen molar-refractivity contribution in [2.75, 3.05) is 26.1 Å². The van der Waals surface area contributed by atoms with Gasteiger partial charge in [-0.15, -0.1) is 0 Å². The molecule has 0 unspecified atom stereocenters. The molecule has 0 aromatic heterocycles. The van der Waals surface area contributed by atoms with Gasteiger partial charge in [-0.2, -0.15) is 0 Å². The highest BCUT2D eigenvalue weighted by Gasteiger charge is 2.33. The van der Waals surface area contributed by atoms with E-state index in [4.69, 9.17) is 9.47 Å². The number of hydrogen-bond donors (Lipinski definition) is 1. The molecule has 1 aliphatic carbocycles. The van der Waals surface area contributed by atoms with E-state index < -0.39 is 17.5 Å². The molecule has 9 nitrogen and oxygen atoms in total. The quantitative estimate of drug-likeness (QED) is 0.382. The maximum Gasteiger partial charge on any atom is 0.338 e. The van der Waals surface area contributed by atoms with Crippen LogP contribution >= 0.6 is 0 Å². The summed E-state index contributed by atoms with van der Waals surface area (Å²) in [6.07, 6.45) is 1.82. The predicted molar refractivity (Wildman–Crippen MR) is 109 cm³/mol. The number of esters is 1. The zero-order chi connectivity index (χ0) is 21.7. The average Bonchev–Trinajstić information content (AvgIpc) is 3.60. The van der Waals surface area contributed by atoms with Crippen molar-refractivity contribution in [1.29, 1.82) is 0 Å². The van der Waals surface area contributed by atoms with Crippen LogP contribution in [0.5, 0.6) is 5.75 Å². The lowest BCUT2D eigenvalue weighted by Gasteiger charge is -2.22. The summed E-state index contributed by atoms with van der Waals surface area (Å²) < 4.78 is 10.3. The van der Waals surface area contributed by atoms with Crippen LogP contribution in [-0.2, 0) is 16.1 Å². The molecule has 1 fully saturated rings. The van der Waals surface area contributed by atoms with Gasteiger partial charge in [-0.25, -0.2) is 4.79 Å². The summed E-state index contributed by atoms with van der Waals surface area (Å²) in [6.45, 7) is -0.0134. The molecule has 2 aromatic rings. The standard InChI is InChI=1S/C21H23N3O6/c1-22-18-10-5-15(11-19(18)24(27)28)21(26)30-13-20(25)23(16-6-7-16)12-14-3-8-17(29-2)9-4-14/h3-5,8-11,16,22H,6-7,12-13H2,1-2H3. The fourth-order valence-electron chi connectivity index (χ4n) is 3.05. The zero-order valence-electron chi connectivity index (χ0n) is 16.8. The summed E-state index contributed by atoms with van der Waals surface area (Å²) in [6, 6.07) is 11.5. The van der Waals surface area contributed by atoms with Gasteiger partial charge in [0.15, 0.2) is 6.61 Å². The molecule has 158 valence electrons. The Kier molecular flexibility index (Phi) is 6.51. The van der Waals surface area contributed by atoms with Gasteiger partial charge in [0.25, 0.3) is 11.6 Å². The molecular formula is C21H23N3O6. The summed E-state index contributed by atoms with van der Waals surface area (Å²) in [7, 11) is 3.14. The Balaban J connectivity index is 1.63. The zero-order valence-corrected chi connectivity index (χ0v) is 16.8. The highest BCUT2D eigenvalue weighted by Crippen LogP contribution is 2.29. The Bertz CT molecular complexity index is 940. The predicted octanol–water partition coefficient (Wildman–Crippen LogP) is 2.99. The average molecular weight is 413 g/mol. The number of nitrogens with zero attached hydrogens (tertiary/aromatic N) is 2. The maximum atomic E-state index is 12.7. The molecule has 0 bridgehead atoms. The van der Waals surface area contributed by atoms with Gasteiger partial charge in [0.2, 0.25) is 0 Å². The van der Waals surface area contributed by atoms with Crippen molar-refractivity contribution in [2.24, 2.45) is 0 Å². The van der Waals surface area contributed by atoms with Crippen molar-refractivity contribution >= 4 is 23.3 Å². The van der Waals surface area contributed by atoms with Gasteiger partial charge in [0.1, 0.15) is 11.4 Å². The first-order chi connectivity index (χ1) is 14.4. The number of carbonyl (C=O) groups excluding carboxylic acids is 2. The fourth-order valence-corrected chi connectivity index (χ4v) is 3.05. The van der Waals surface area contributed by atoms with E-state index in [0.717, 1.165) is 30.2 Å². The minimum absolute atomic E-state index is 0.0154. The Hall–Kier alpha value is -3.62. The number of nitro benzene ring substituents is 1. The number of anilines is 1. The molecule has 0 spiro atoms. The number of rotatable bonds is 9. The van der Waals surface area contributed by atoms with E-state index in [1.54, 1.807) is 19.1 Å². The summed E-state index contributed by atoms with van der Waals surface area (Å²) in [5.74, 6) is -0.354. The molecule has 9 heteroatoms. The van der Waals surface area contributed by atoms with Crippen LogP contribution in [0.3, 0.4) is 0 Å². The number of carbonyl (C=O) groups is 2. The maximum absolute atomic E-state index is 12.7. The molecule has 0 saturated heterocycles. The van der Waals surface area contributed by atoms with Gasteiger partial charge in [0, 0.05) is 25.7 Å². The van der Waals surface area contributed by atoms with Crippen LogP contribution in [0, 0.1) is 10.1 Å². The Morgan fingerprint density at radius 3 is 2.47 bits per heavy atom. The first-order valence-corrected chi connectivity index (χ1v) is 9.48. The van der Waals surface area contributed by atoms with Crippen LogP contribution in [0.2, 0.25) is 0 Å². The van der Waals surface area contributed by atoms with Crippen LogP contribution in [-0.4, -0.2) is 48.5 Å². The van der Waals surface area contributed by atoms with Crippen molar-refractivity contribution < 1.29 is 24.0 Å². The molecule has 0 radical (unpaired) electrons. The summed E-state index contributed by atoms with van der Waals surface area (Å²) in [5.41, 5.74) is 1.01. The van der Waals surface area contributed by atoms with E-state index in [1.165, 1.54) is 12.1 Å². The second-order valence-electron chi connectivity index (χ2n) is 6.92. The molecule has 1 N–H and O–H groups in total. The SMILES string of the molecule is CNc1ccc(C(=O)OCC(=O)N(Cc2ccc(OC)cc2)C2CC2)cc1[N+](=O)[O-]. The second kappa shape index (κ2) is 9.25. The van der Waals surface area contributed by atoms with Crippen LogP contribution in [0.25, 0.3) is 0 Å². The highest BCUT2D eigenvalue weighted by molar-refractivity contribution is 5.93. The number of ether oxygens (including phenoxy) is 2. The third-order valence-electron chi connectivity index (χ3n) is 4.85. The van der Waals surface area contributed by atoms with Gasteiger partial charge in [-0.05, 0) is 42.7 Å². The molecule has 3 rings (SSSR count). The normalized spacial score (nSPS) is 12.7. The lowest BCUT2D eigenvalue weighted by molar-refractivity contribution is -0.384. The second-order valence-corrected chi connectivity index (χ2v) is 6.92. The van der Waals surface area contributed by atoms with E-state index in [1.807, 2.05) is 24.3 Å². The minimum Gasteiger partial charge on any atom is -0.497 e. The summed E-state index contributed by atoms with van der Waals surface area (Å²) in [5, 5.41) is 13.8. The summed E-state index contributed by atoms with van der Waals surface area (Å²) >= 11 is 0. The Morgan fingerprint density at radius 2 is 1.90 bits per heavy atom. The van der Waals surface area contributed by atoms with Crippen molar-refractivity contribution in [3.63, 3.8) is 0 Å². The van der Waals surface area contributed by atoms with E-state index in [9.17, 15) is 19.7 Å². The van der Waals surface area contributed by atoms with Crippen LogP contribution in [0.1, 0.15) is 28.8 Å². The van der Waals surface area contributed by atoms with Gasteiger partial charge in [-0.1, -0.05) is 12.1 Å². The van der Waals surface area contributed by atoms with Crippen molar-refractivity contribution in [3.8, 4) is 5.75 Å². The Morgan fingerprint density at radius 1 is 1.20 bits per heavy atom. The number of hydrogen-bond acceptors (Lipinski definition) is 7. The Labute approximate surface area is 173 Å². The van der Waals surface area contributed by atoms with E-state index >= 15 is 0 Å². The van der Waals surface area contributed by atoms with Crippen molar-refractivity contribution in [2.45, 2.75) is 25.4 Å². The molecule has 1 amide bonds. The molecular weight excluding hydrogens is 390 g/mol. The van der Waals surface area contributed by atoms with Crippen LogP contribution in [0.4, 0.5) is 11.4 Å². The van der Waals surface area contributed by atoms with Crippen LogP contribution < -0.4 is 10.1 Å². The smallest absolute Gasteiger partial charge is 0.338 e. The molecule has 1 aliphatic rings. The molecule has 2 aromatic carbocycles. The largest absolute Gasteiger partial charge is 0.497 e. The third kappa shape index (κ3) is 5.05. The monoisotopic (exact) mass is 413 g/mol. The molecule has 0 heterocycles. The van der Waals surface area contributed by atoms with E-state index in [-0.39, 0.29) is 28.9 Å². The number of nitro groups is 1. The van der Waals surface area contributed by atoms with Gasteiger partial charge >= 0.3 is 5.97 Å². The fraction of sp³-hybridized carbons (Fsp3) is 0.333. The van der Waals surface area contributed by atoms with E-state index in [0.29, 0.717) is 6.54 Å². The number of nitrogens with one attached hydrogen (secondary N) is 1. The number of methoxy groups -OCH3 is 1. The summed E-state index contributed by atoms with van der Waals surface area (Å²) in [4.78, 5) is 37.2. The lowest BCUT2D eigenvalue weighted by atomic mass is 10.1. The van der Waals surface area contributed by atoms with Gasteiger partial charge in [0.05, 0.1) is 17.6 Å². The molecule has 0 aliphatic heterocycles. The number of benzene rings is 2. The lowest BCUT2D eigenvalue weighted by Crippen LogP contribution is -2.36. The van der Waals surface area contributed by atoms with Gasteiger partial charge in [-0.3, -0.25) is 14.9 Å². The third-order valence-corrected chi connectivity index (χ3v) is 4.85. The molecule has 1 saturated carbocycles. The molecule has 30 heavy (non-hydrogen) atoms. The minimum atomic E-state index is -0.783.